The Kier molecular flexibility index (Phi) is 9.81. The topological polar surface area (TPSA) is 86.8 Å². The Bertz CT molecular complexity index is 1110. The van der Waals surface area contributed by atoms with Gasteiger partial charge in [-0.05, 0) is 42.7 Å². The minimum absolute atomic E-state index is 0.0173. The van der Waals surface area contributed by atoms with E-state index in [4.69, 9.17) is 11.6 Å². The Balaban J connectivity index is 2.43. The molecule has 0 aromatic heterocycles. The van der Waals surface area contributed by atoms with Crippen LogP contribution in [0.3, 0.4) is 0 Å². The van der Waals surface area contributed by atoms with Gasteiger partial charge >= 0.3 is 0 Å². The SMILES string of the molecule is CCCNC(=O)[C@H](CC)N(Cc1ccc(Cl)cc1)C(=O)CN(c1ccc(F)c(F)c1)S(C)(=O)=O. The summed E-state index contributed by atoms with van der Waals surface area (Å²) in [6.07, 6.45) is 1.83. The molecule has 0 unspecified atom stereocenters. The summed E-state index contributed by atoms with van der Waals surface area (Å²) in [5.41, 5.74) is 0.475. The van der Waals surface area contributed by atoms with Gasteiger partial charge in [0, 0.05) is 24.2 Å². The van der Waals surface area contributed by atoms with E-state index in [1.165, 1.54) is 4.90 Å². The Morgan fingerprint density at radius 1 is 1.06 bits per heavy atom. The van der Waals surface area contributed by atoms with Gasteiger partial charge in [0.1, 0.15) is 12.6 Å². The predicted octanol–water partition coefficient (Wildman–Crippen LogP) is 3.72. The van der Waals surface area contributed by atoms with E-state index in [0.717, 1.165) is 18.4 Å². The standard InChI is InChI=1S/C23H28ClF2N3O4S/c1-4-12-27-23(31)21(5-2)28(14-16-6-8-17(24)9-7-16)22(30)15-29(34(3,32)33)18-10-11-19(25)20(26)13-18/h6-11,13,21H,4-5,12,14-15H2,1-3H3,(H,27,31)/t21-/m0/s1. The first-order valence-electron chi connectivity index (χ1n) is 10.7. The molecule has 2 rings (SSSR count). The molecule has 0 spiro atoms. The smallest absolute Gasteiger partial charge is 0.244 e. The lowest BCUT2D eigenvalue weighted by molar-refractivity contribution is -0.140. The first kappa shape index (κ1) is 27.5. The minimum Gasteiger partial charge on any atom is -0.354 e. The Hall–Kier alpha value is -2.72. The van der Waals surface area contributed by atoms with E-state index in [1.807, 2.05) is 6.92 Å². The number of carbonyl (C=O) groups is 2. The molecule has 0 aliphatic heterocycles. The van der Waals surface area contributed by atoms with Crippen molar-refractivity contribution in [1.82, 2.24) is 10.2 Å². The number of amides is 2. The number of hydrogen-bond acceptors (Lipinski definition) is 4. The summed E-state index contributed by atoms with van der Waals surface area (Å²) in [7, 11) is -4.04. The molecule has 11 heteroatoms. The van der Waals surface area contributed by atoms with Crippen molar-refractivity contribution in [2.45, 2.75) is 39.3 Å². The maximum absolute atomic E-state index is 13.8. The minimum atomic E-state index is -4.04. The molecule has 0 radical (unpaired) electrons. The van der Waals surface area contributed by atoms with E-state index < -0.39 is 40.2 Å². The highest BCUT2D eigenvalue weighted by Crippen LogP contribution is 2.22. The lowest BCUT2D eigenvalue weighted by Crippen LogP contribution is -2.52. The summed E-state index contributed by atoms with van der Waals surface area (Å²) in [6, 6.07) is 8.36. The highest BCUT2D eigenvalue weighted by molar-refractivity contribution is 7.92. The van der Waals surface area contributed by atoms with Gasteiger partial charge in [0.15, 0.2) is 11.6 Å². The molecule has 2 aromatic rings. The number of anilines is 1. The molecule has 0 aliphatic rings. The van der Waals surface area contributed by atoms with E-state index in [1.54, 1.807) is 31.2 Å². The van der Waals surface area contributed by atoms with Gasteiger partial charge in [-0.3, -0.25) is 13.9 Å². The molecule has 0 saturated carbocycles. The van der Waals surface area contributed by atoms with Crippen LogP contribution < -0.4 is 9.62 Å². The summed E-state index contributed by atoms with van der Waals surface area (Å²) >= 11 is 5.94. The van der Waals surface area contributed by atoms with Crippen LogP contribution in [-0.2, 0) is 26.2 Å². The van der Waals surface area contributed by atoms with Gasteiger partial charge in [-0.15, -0.1) is 0 Å². The number of nitrogens with zero attached hydrogens (tertiary/aromatic N) is 2. The molecule has 0 fully saturated rings. The second kappa shape index (κ2) is 12.1. The van der Waals surface area contributed by atoms with Crippen LogP contribution in [0.1, 0.15) is 32.3 Å². The average Bonchev–Trinajstić information content (AvgIpc) is 2.78. The number of hydrogen-bond donors (Lipinski definition) is 1. The predicted molar refractivity (Wildman–Crippen MR) is 128 cm³/mol. The summed E-state index contributed by atoms with van der Waals surface area (Å²) in [5.74, 6) is -3.44. The van der Waals surface area contributed by atoms with Crippen molar-refractivity contribution in [1.29, 1.82) is 0 Å². The van der Waals surface area contributed by atoms with Crippen LogP contribution >= 0.6 is 11.6 Å². The maximum Gasteiger partial charge on any atom is 0.244 e. The Morgan fingerprint density at radius 2 is 1.71 bits per heavy atom. The van der Waals surface area contributed by atoms with Crippen LogP contribution in [0.2, 0.25) is 5.02 Å². The van der Waals surface area contributed by atoms with E-state index in [-0.39, 0.29) is 24.6 Å². The molecule has 1 atom stereocenters. The van der Waals surface area contributed by atoms with Gasteiger partial charge < -0.3 is 10.2 Å². The van der Waals surface area contributed by atoms with Crippen molar-refractivity contribution in [3.05, 3.63) is 64.7 Å². The lowest BCUT2D eigenvalue weighted by atomic mass is 10.1. The van der Waals surface area contributed by atoms with Gasteiger partial charge in [0.2, 0.25) is 21.8 Å². The summed E-state index contributed by atoms with van der Waals surface area (Å²) in [6.45, 7) is 3.37. The summed E-state index contributed by atoms with van der Waals surface area (Å²) in [5, 5.41) is 3.26. The zero-order valence-electron chi connectivity index (χ0n) is 19.2. The molecule has 0 aliphatic carbocycles. The largest absolute Gasteiger partial charge is 0.354 e. The first-order valence-corrected chi connectivity index (χ1v) is 12.9. The first-order chi connectivity index (χ1) is 16.0. The fourth-order valence-corrected chi connectivity index (χ4v) is 4.29. The highest BCUT2D eigenvalue weighted by atomic mass is 35.5. The number of carbonyl (C=O) groups excluding carboxylic acids is 2. The van der Waals surface area contributed by atoms with Gasteiger partial charge in [0.25, 0.3) is 0 Å². The van der Waals surface area contributed by atoms with Crippen LogP contribution in [-0.4, -0.2) is 50.5 Å². The van der Waals surface area contributed by atoms with Crippen molar-refractivity contribution < 1.29 is 26.8 Å². The van der Waals surface area contributed by atoms with E-state index >= 15 is 0 Å². The fraction of sp³-hybridized carbons (Fsp3) is 0.391. The quantitative estimate of drug-likeness (QED) is 0.494. The van der Waals surface area contributed by atoms with E-state index in [9.17, 15) is 26.8 Å². The normalized spacial score (nSPS) is 12.2. The summed E-state index contributed by atoms with van der Waals surface area (Å²) in [4.78, 5) is 27.5. The van der Waals surface area contributed by atoms with Crippen LogP contribution in [0.5, 0.6) is 0 Å². The van der Waals surface area contributed by atoms with Gasteiger partial charge in [0.05, 0.1) is 11.9 Å². The van der Waals surface area contributed by atoms with Crippen molar-refractivity contribution in [2.75, 3.05) is 23.7 Å². The van der Waals surface area contributed by atoms with Gasteiger partial charge in [-0.1, -0.05) is 37.6 Å². The third-order valence-corrected chi connectivity index (χ3v) is 6.46. The third kappa shape index (κ3) is 7.39. The molecule has 1 N–H and O–H groups in total. The van der Waals surface area contributed by atoms with Crippen LogP contribution in [0.4, 0.5) is 14.5 Å². The van der Waals surface area contributed by atoms with E-state index in [0.29, 0.717) is 33.9 Å². The van der Waals surface area contributed by atoms with Crippen molar-refractivity contribution in [2.24, 2.45) is 0 Å². The van der Waals surface area contributed by atoms with Crippen molar-refractivity contribution >= 4 is 39.1 Å². The Labute approximate surface area is 203 Å². The number of rotatable bonds is 11. The average molecular weight is 516 g/mol. The molecule has 186 valence electrons. The zero-order valence-corrected chi connectivity index (χ0v) is 20.8. The van der Waals surface area contributed by atoms with E-state index in [2.05, 4.69) is 5.32 Å². The molecule has 0 bridgehead atoms. The maximum atomic E-state index is 13.8. The second-order valence-corrected chi connectivity index (χ2v) is 10.1. The monoisotopic (exact) mass is 515 g/mol. The number of sulfonamides is 1. The molecule has 7 nitrogen and oxygen atoms in total. The number of halogens is 3. The molecular weight excluding hydrogens is 488 g/mol. The molecular formula is C23H28ClF2N3O4S. The van der Waals surface area contributed by atoms with Crippen molar-refractivity contribution in [3.63, 3.8) is 0 Å². The highest BCUT2D eigenvalue weighted by Gasteiger charge is 2.31. The molecule has 2 amide bonds. The number of nitrogens with one attached hydrogen (secondary N) is 1. The van der Waals surface area contributed by atoms with Crippen LogP contribution in [0, 0.1) is 11.6 Å². The van der Waals surface area contributed by atoms with Crippen LogP contribution in [0.25, 0.3) is 0 Å². The molecule has 0 saturated heterocycles. The third-order valence-electron chi connectivity index (χ3n) is 5.07. The van der Waals surface area contributed by atoms with Gasteiger partial charge in [-0.25, -0.2) is 17.2 Å². The van der Waals surface area contributed by atoms with Crippen molar-refractivity contribution in [3.8, 4) is 0 Å². The summed E-state index contributed by atoms with van der Waals surface area (Å²) < 4.78 is 52.8. The molecule has 2 aromatic carbocycles. The Morgan fingerprint density at radius 3 is 2.24 bits per heavy atom. The molecule has 34 heavy (non-hydrogen) atoms. The van der Waals surface area contributed by atoms with Gasteiger partial charge in [-0.2, -0.15) is 0 Å². The van der Waals surface area contributed by atoms with Crippen LogP contribution in [0.15, 0.2) is 42.5 Å². The lowest BCUT2D eigenvalue weighted by Gasteiger charge is -2.32. The number of benzene rings is 2. The fourth-order valence-electron chi connectivity index (χ4n) is 3.33. The zero-order chi connectivity index (χ0) is 25.5. The molecule has 0 heterocycles. The second-order valence-electron chi connectivity index (χ2n) is 7.73.